The van der Waals surface area contributed by atoms with Gasteiger partial charge in [-0.2, -0.15) is 0 Å². The molecule has 1 aromatic carbocycles. The second-order valence-corrected chi connectivity index (χ2v) is 3.13. The molecular weight excluding hydrogens is 213 g/mol. The second kappa shape index (κ2) is 5.85. The number of ether oxygens (including phenoxy) is 1. The highest BCUT2D eigenvalue weighted by Gasteiger charge is 2.07. The number of rotatable bonds is 4. The molecule has 0 unspecified atom stereocenters. The maximum absolute atomic E-state index is 12.8. The van der Waals surface area contributed by atoms with E-state index in [2.05, 4.69) is 10.1 Å². The van der Waals surface area contributed by atoms with Crippen molar-refractivity contribution in [3.05, 3.63) is 30.1 Å². The lowest BCUT2D eigenvalue weighted by atomic mass is 10.2. The van der Waals surface area contributed by atoms with Crippen molar-refractivity contribution in [2.75, 3.05) is 12.4 Å². The minimum atomic E-state index is -0.450. The van der Waals surface area contributed by atoms with Gasteiger partial charge in [0.05, 0.1) is 13.5 Å². The summed E-state index contributed by atoms with van der Waals surface area (Å²) >= 11 is 0. The summed E-state index contributed by atoms with van der Waals surface area (Å²) in [4.78, 5) is 22.1. The van der Waals surface area contributed by atoms with Gasteiger partial charge in [-0.1, -0.05) is 6.07 Å². The summed E-state index contributed by atoms with van der Waals surface area (Å²) in [5, 5.41) is 2.48. The van der Waals surface area contributed by atoms with E-state index in [0.29, 0.717) is 5.69 Å². The van der Waals surface area contributed by atoms with Gasteiger partial charge in [0.15, 0.2) is 0 Å². The molecule has 1 N–H and O–H groups in total. The van der Waals surface area contributed by atoms with Crippen LogP contribution in [0.15, 0.2) is 24.3 Å². The number of hydrogen-bond donors (Lipinski definition) is 1. The van der Waals surface area contributed by atoms with Crippen molar-refractivity contribution in [1.82, 2.24) is 0 Å². The highest BCUT2D eigenvalue weighted by molar-refractivity contribution is 5.92. The maximum atomic E-state index is 12.8. The van der Waals surface area contributed by atoms with Crippen LogP contribution in [-0.4, -0.2) is 19.0 Å². The van der Waals surface area contributed by atoms with Crippen LogP contribution in [0.2, 0.25) is 0 Å². The van der Waals surface area contributed by atoms with Crippen LogP contribution in [0.4, 0.5) is 10.1 Å². The van der Waals surface area contributed by atoms with Crippen molar-refractivity contribution in [2.45, 2.75) is 12.8 Å². The summed E-state index contributed by atoms with van der Waals surface area (Å²) in [6.45, 7) is 0. The fraction of sp³-hybridized carbons (Fsp3) is 0.273. The van der Waals surface area contributed by atoms with Gasteiger partial charge in [0.2, 0.25) is 5.91 Å². The molecule has 1 rings (SSSR count). The standard InChI is InChI=1S/C11H12FNO3/c1-16-11(15)6-5-10(14)13-9-4-2-3-8(12)7-9/h2-4,7H,5-6H2,1H3,(H,13,14). The Labute approximate surface area is 92.4 Å². The number of carbonyl (C=O) groups is 2. The van der Waals surface area contributed by atoms with Crippen molar-refractivity contribution in [3.8, 4) is 0 Å². The van der Waals surface area contributed by atoms with Crippen molar-refractivity contribution in [1.29, 1.82) is 0 Å². The van der Waals surface area contributed by atoms with Crippen LogP contribution < -0.4 is 5.32 Å². The zero-order chi connectivity index (χ0) is 12.0. The van der Waals surface area contributed by atoms with E-state index in [1.54, 1.807) is 6.07 Å². The molecule has 5 heteroatoms. The molecule has 0 aliphatic heterocycles. The molecule has 4 nitrogen and oxygen atoms in total. The van der Waals surface area contributed by atoms with Crippen LogP contribution in [-0.2, 0) is 14.3 Å². The Morgan fingerprint density at radius 2 is 2.12 bits per heavy atom. The molecular formula is C11H12FNO3. The molecule has 0 saturated heterocycles. The van der Waals surface area contributed by atoms with Crippen molar-refractivity contribution in [3.63, 3.8) is 0 Å². The van der Waals surface area contributed by atoms with Gasteiger partial charge in [-0.3, -0.25) is 9.59 Å². The van der Waals surface area contributed by atoms with E-state index in [0.717, 1.165) is 0 Å². The average Bonchev–Trinajstić information content (AvgIpc) is 2.26. The summed E-state index contributed by atoms with van der Waals surface area (Å²) in [5.74, 6) is -1.23. The highest BCUT2D eigenvalue weighted by Crippen LogP contribution is 2.09. The Balaban J connectivity index is 2.43. The molecule has 0 bridgehead atoms. The largest absolute Gasteiger partial charge is 0.469 e. The number of amides is 1. The van der Waals surface area contributed by atoms with Crippen LogP contribution in [0, 0.1) is 5.82 Å². The van der Waals surface area contributed by atoms with Gasteiger partial charge in [0.25, 0.3) is 0 Å². The maximum Gasteiger partial charge on any atom is 0.306 e. The molecule has 0 saturated carbocycles. The molecule has 0 aromatic heterocycles. The zero-order valence-electron chi connectivity index (χ0n) is 8.83. The summed E-state index contributed by atoms with van der Waals surface area (Å²) < 4.78 is 17.2. The Hall–Kier alpha value is -1.91. The predicted octanol–water partition coefficient (Wildman–Crippen LogP) is 1.72. The van der Waals surface area contributed by atoms with Crippen LogP contribution in [0.25, 0.3) is 0 Å². The van der Waals surface area contributed by atoms with E-state index in [1.807, 2.05) is 0 Å². The summed E-state index contributed by atoms with van der Waals surface area (Å²) in [6.07, 6.45) is 0.0286. The van der Waals surface area contributed by atoms with E-state index in [9.17, 15) is 14.0 Å². The Kier molecular flexibility index (Phi) is 4.44. The predicted molar refractivity (Wildman–Crippen MR) is 56.3 cm³/mol. The molecule has 1 aromatic rings. The van der Waals surface area contributed by atoms with Gasteiger partial charge in [0, 0.05) is 12.1 Å². The van der Waals surface area contributed by atoms with Gasteiger partial charge >= 0.3 is 5.97 Å². The number of hydrogen-bond acceptors (Lipinski definition) is 3. The van der Waals surface area contributed by atoms with Gasteiger partial charge in [-0.15, -0.1) is 0 Å². The quantitative estimate of drug-likeness (QED) is 0.794. The van der Waals surface area contributed by atoms with Gasteiger partial charge < -0.3 is 10.1 Å². The molecule has 0 fully saturated rings. The van der Waals surface area contributed by atoms with E-state index < -0.39 is 11.8 Å². The fourth-order valence-electron chi connectivity index (χ4n) is 1.11. The number of esters is 1. The zero-order valence-corrected chi connectivity index (χ0v) is 8.83. The van der Waals surface area contributed by atoms with Gasteiger partial charge in [-0.25, -0.2) is 4.39 Å². The van der Waals surface area contributed by atoms with E-state index in [4.69, 9.17) is 0 Å². The molecule has 1 amide bonds. The number of methoxy groups -OCH3 is 1. The van der Waals surface area contributed by atoms with Crippen LogP contribution in [0.3, 0.4) is 0 Å². The molecule has 0 atom stereocenters. The average molecular weight is 225 g/mol. The molecule has 0 radical (unpaired) electrons. The third kappa shape index (κ3) is 4.08. The molecule has 0 aliphatic rings. The molecule has 16 heavy (non-hydrogen) atoms. The Morgan fingerprint density at radius 3 is 2.75 bits per heavy atom. The molecule has 0 aliphatic carbocycles. The highest BCUT2D eigenvalue weighted by atomic mass is 19.1. The summed E-state index contributed by atoms with van der Waals surface area (Å²) in [6, 6.07) is 5.55. The topological polar surface area (TPSA) is 55.4 Å². The summed E-state index contributed by atoms with van der Waals surface area (Å²) in [5.41, 5.74) is 0.370. The third-order valence-corrected chi connectivity index (χ3v) is 1.89. The first-order chi connectivity index (χ1) is 7.61. The Bertz CT molecular complexity index is 393. The van der Waals surface area contributed by atoms with Crippen LogP contribution >= 0.6 is 0 Å². The SMILES string of the molecule is COC(=O)CCC(=O)Nc1cccc(F)c1. The van der Waals surface area contributed by atoms with E-state index in [1.165, 1.54) is 25.3 Å². The molecule has 86 valence electrons. The lowest BCUT2D eigenvalue weighted by Gasteiger charge is -2.04. The first kappa shape index (κ1) is 12.2. The van der Waals surface area contributed by atoms with Crippen LogP contribution in [0.1, 0.15) is 12.8 Å². The minimum Gasteiger partial charge on any atom is -0.469 e. The minimum absolute atomic E-state index is 0.0116. The molecule has 0 spiro atoms. The first-order valence-corrected chi connectivity index (χ1v) is 4.74. The van der Waals surface area contributed by atoms with Gasteiger partial charge in [0.1, 0.15) is 5.82 Å². The number of benzene rings is 1. The van der Waals surface area contributed by atoms with Crippen molar-refractivity contribution >= 4 is 17.6 Å². The lowest BCUT2D eigenvalue weighted by Crippen LogP contribution is -2.13. The smallest absolute Gasteiger partial charge is 0.306 e. The van der Waals surface area contributed by atoms with E-state index >= 15 is 0 Å². The first-order valence-electron chi connectivity index (χ1n) is 4.74. The van der Waals surface area contributed by atoms with Crippen molar-refractivity contribution < 1.29 is 18.7 Å². The van der Waals surface area contributed by atoms with E-state index in [-0.39, 0.29) is 18.7 Å². The second-order valence-electron chi connectivity index (χ2n) is 3.13. The van der Waals surface area contributed by atoms with Crippen molar-refractivity contribution in [2.24, 2.45) is 0 Å². The monoisotopic (exact) mass is 225 g/mol. The van der Waals surface area contributed by atoms with Gasteiger partial charge in [-0.05, 0) is 18.2 Å². The normalized spacial score (nSPS) is 9.62. The number of anilines is 1. The number of halogens is 1. The molecule has 0 heterocycles. The Morgan fingerprint density at radius 1 is 1.38 bits per heavy atom. The third-order valence-electron chi connectivity index (χ3n) is 1.89. The lowest BCUT2D eigenvalue weighted by molar-refractivity contribution is -0.141. The van der Waals surface area contributed by atoms with Crippen LogP contribution in [0.5, 0.6) is 0 Å². The number of nitrogens with one attached hydrogen (secondary N) is 1. The fourth-order valence-corrected chi connectivity index (χ4v) is 1.11. The number of carbonyl (C=O) groups excluding carboxylic acids is 2. The summed E-state index contributed by atoms with van der Waals surface area (Å²) in [7, 11) is 1.26.